The number of halogens is 3. The maximum atomic E-state index is 13.2. The molecule has 36 heavy (non-hydrogen) atoms. The SMILES string of the molecule is CCNc1n[nH]c2ncc(-c3ccc(CNc4ncc(C(F)(F)F)cc4C(=O)NC4CC4)cc3)cc12. The Morgan fingerprint density at radius 1 is 1.03 bits per heavy atom. The predicted molar refractivity (Wildman–Crippen MR) is 131 cm³/mol. The maximum Gasteiger partial charge on any atom is 0.417 e. The summed E-state index contributed by atoms with van der Waals surface area (Å²) in [4.78, 5) is 20.9. The smallest absolute Gasteiger partial charge is 0.368 e. The number of hydrogen-bond acceptors (Lipinski definition) is 6. The van der Waals surface area contributed by atoms with Crippen LogP contribution in [0.15, 0.2) is 48.8 Å². The minimum atomic E-state index is -4.59. The summed E-state index contributed by atoms with van der Waals surface area (Å²) in [6.07, 6.45) is -0.433. The van der Waals surface area contributed by atoms with Crippen molar-refractivity contribution in [3.05, 3.63) is 65.5 Å². The number of pyridine rings is 2. The minimum absolute atomic E-state index is 0.0111. The molecule has 186 valence electrons. The summed E-state index contributed by atoms with van der Waals surface area (Å²) in [7, 11) is 0. The molecule has 3 heterocycles. The Kier molecular flexibility index (Phi) is 6.21. The van der Waals surface area contributed by atoms with Crippen molar-refractivity contribution in [2.75, 3.05) is 17.2 Å². The summed E-state index contributed by atoms with van der Waals surface area (Å²) in [6.45, 7) is 3.02. The predicted octanol–water partition coefficient (Wildman–Crippen LogP) is 4.97. The van der Waals surface area contributed by atoms with Gasteiger partial charge in [-0.1, -0.05) is 24.3 Å². The highest BCUT2D eigenvalue weighted by Crippen LogP contribution is 2.31. The van der Waals surface area contributed by atoms with Gasteiger partial charge in [-0.15, -0.1) is 0 Å². The number of aromatic amines is 1. The van der Waals surface area contributed by atoms with Crippen LogP contribution in [0.5, 0.6) is 0 Å². The average Bonchev–Trinajstić information content (AvgIpc) is 3.60. The first kappa shape index (κ1) is 23.6. The number of nitrogens with zero attached hydrogens (tertiary/aromatic N) is 3. The van der Waals surface area contributed by atoms with Gasteiger partial charge in [-0.05, 0) is 43.0 Å². The van der Waals surface area contributed by atoms with Gasteiger partial charge in [-0.2, -0.15) is 18.3 Å². The van der Waals surface area contributed by atoms with Gasteiger partial charge in [0.1, 0.15) is 5.82 Å². The van der Waals surface area contributed by atoms with Gasteiger partial charge in [-0.25, -0.2) is 9.97 Å². The normalized spacial score (nSPS) is 13.6. The van der Waals surface area contributed by atoms with Crippen LogP contribution in [0.3, 0.4) is 0 Å². The van der Waals surface area contributed by atoms with Crippen molar-refractivity contribution < 1.29 is 18.0 Å². The van der Waals surface area contributed by atoms with E-state index >= 15 is 0 Å². The molecule has 1 fully saturated rings. The van der Waals surface area contributed by atoms with Crippen LogP contribution in [0.1, 0.15) is 41.3 Å². The third-order valence-corrected chi connectivity index (χ3v) is 5.88. The Hall–Kier alpha value is -4.15. The molecule has 3 aromatic heterocycles. The first-order valence-corrected chi connectivity index (χ1v) is 11.6. The quantitative estimate of drug-likeness (QED) is 0.275. The van der Waals surface area contributed by atoms with Crippen LogP contribution in [-0.2, 0) is 12.7 Å². The number of carbonyl (C=O) groups excluding carboxylic acids is 1. The van der Waals surface area contributed by atoms with Gasteiger partial charge in [0.25, 0.3) is 5.91 Å². The summed E-state index contributed by atoms with van der Waals surface area (Å²) < 4.78 is 39.6. The number of rotatable bonds is 8. The highest BCUT2D eigenvalue weighted by molar-refractivity contribution is 5.99. The van der Waals surface area contributed by atoms with Gasteiger partial charge in [0, 0.05) is 37.1 Å². The molecule has 1 aromatic carbocycles. The Bertz CT molecular complexity index is 1400. The molecule has 5 rings (SSSR count). The fraction of sp³-hybridized carbons (Fsp3) is 0.280. The minimum Gasteiger partial charge on any atom is -0.368 e. The van der Waals surface area contributed by atoms with E-state index in [-0.39, 0.29) is 24.0 Å². The lowest BCUT2D eigenvalue weighted by molar-refractivity contribution is -0.137. The Morgan fingerprint density at radius 3 is 2.50 bits per heavy atom. The second-order valence-electron chi connectivity index (χ2n) is 8.64. The van der Waals surface area contributed by atoms with Crippen molar-refractivity contribution in [1.29, 1.82) is 0 Å². The van der Waals surface area contributed by atoms with Crippen molar-refractivity contribution in [2.24, 2.45) is 0 Å². The molecule has 1 aliphatic carbocycles. The molecule has 0 atom stereocenters. The standard InChI is InChI=1S/C25H24F3N7O/c1-2-29-22-19-9-16(12-31-23(19)35-34-22)15-5-3-14(4-6-15)11-30-21-20(24(36)33-18-7-8-18)10-17(13-32-21)25(26,27)28/h3-6,9-10,12-13,18H,2,7-8,11H2,1H3,(H,30,32)(H,33,36)(H2,29,31,34,35). The fourth-order valence-corrected chi connectivity index (χ4v) is 3.79. The molecular weight excluding hydrogens is 471 g/mol. The van der Waals surface area contributed by atoms with Crippen LogP contribution >= 0.6 is 0 Å². The fourth-order valence-electron chi connectivity index (χ4n) is 3.79. The number of anilines is 2. The van der Waals surface area contributed by atoms with Gasteiger partial charge >= 0.3 is 6.18 Å². The maximum absolute atomic E-state index is 13.2. The van der Waals surface area contributed by atoms with Crippen LogP contribution in [0, 0.1) is 0 Å². The summed E-state index contributed by atoms with van der Waals surface area (Å²) in [6, 6.07) is 10.5. The van der Waals surface area contributed by atoms with Gasteiger partial charge in [0.05, 0.1) is 16.5 Å². The molecule has 8 nitrogen and oxygen atoms in total. The first-order chi connectivity index (χ1) is 17.3. The van der Waals surface area contributed by atoms with Crippen molar-refractivity contribution in [3.63, 3.8) is 0 Å². The number of nitrogens with one attached hydrogen (secondary N) is 4. The van der Waals surface area contributed by atoms with Gasteiger partial charge in [0.15, 0.2) is 11.5 Å². The number of fused-ring (bicyclic) bond motifs is 1. The zero-order chi connectivity index (χ0) is 25.3. The number of alkyl halides is 3. The summed E-state index contributed by atoms with van der Waals surface area (Å²) in [5.41, 5.74) is 2.36. The number of hydrogen-bond donors (Lipinski definition) is 4. The van der Waals surface area contributed by atoms with E-state index < -0.39 is 17.6 Å². The van der Waals surface area contributed by atoms with Gasteiger partial charge < -0.3 is 16.0 Å². The Balaban J connectivity index is 1.33. The molecular formula is C25H24F3N7O. The van der Waals surface area contributed by atoms with Gasteiger partial charge in [0.2, 0.25) is 0 Å². The van der Waals surface area contributed by atoms with Crippen molar-refractivity contribution in [1.82, 2.24) is 25.5 Å². The van der Waals surface area contributed by atoms with Crippen LogP contribution in [-0.4, -0.2) is 38.7 Å². The van der Waals surface area contributed by atoms with E-state index in [4.69, 9.17) is 0 Å². The lowest BCUT2D eigenvalue weighted by Crippen LogP contribution is -2.27. The summed E-state index contributed by atoms with van der Waals surface area (Å²) >= 11 is 0. The highest BCUT2D eigenvalue weighted by Gasteiger charge is 2.33. The highest BCUT2D eigenvalue weighted by atomic mass is 19.4. The molecule has 0 spiro atoms. The number of benzene rings is 1. The van der Waals surface area contributed by atoms with Crippen molar-refractivity contribution in [3.8, 4) is 11.1 Å². The van der Waals surface area contributed by atoms with Gasteiger partial charge in [-0.3, -0.25) is 9.89 Å². The molecule has 0 bridgehead atoms. The average molecular weight is 496 g/mol. The Morgan fingerprint density at radius 2 is 1.81 bits per heavy atom. The van der Waals surface area contributed by atoms with Crippen molar-refractivity contribution in [2.45, 2.75) is 38.5 Å². The molecule has 11 heteroatoms. The lowest BCUT2D eigenvalue weighted by Gasteiger charge is -2.14. The molecule has 1 aliphatic rings. The molecule has 0 aliphatic heterocycles. The molecule has 0 radical (unpaired) electrons. The van der Waals surface area contributed by atoms with E-state index in [0.717, 1.165) is 59.5 Å². The number of carbonyl (C=O) groups is 1. The number of H-pyrrole nitrogens is 1. The molecule has 1 amide bonds. The lowest BCUT2D eigenvalue weighted by atomic mass is 10.0. The van der Waals surface area contributed by atoms with E-state index in [9.17, 15) is 18.0 Å². The molecule has 4 aromatic rings. The Labute approximate surface area is 204 Å². The monoisotopic (exact) mass is 495 g/mol. The molecule has 1 saturated carbocycles. The third kappa shape index (κ3) is 5.09. The van der Waals surface area contributed by atoms with Crippen LogP contribution in [0.25, 0.3) is 22.2 Å². The second kappa shape index (κ2) is 9.48. The zero-order valence-electron chi connectivity index (χ0n) is 19.4. The summed E-state index contributed by atoms with van der Waals surface area (Å²) in [5, 5.41) is 17.0. The first-order valence-electron chi connectivity index (χ1n) is 11.6. The molecule has 0 saturated heterocycles. The van der Waals surface area contributed by atoms with Crippen molar-refractivity contribution >= 4 is 28.6 Å². The third-order valence-electron chi connectivity index (χ3n) is 5.88. The van der Waals surface area contributed by atoms with Crippen LogP contribution < -0.4 is 16.0 Å². The zero-order valence-corrected chi connectivity index (χ0v) is 19.4. The van der Waals surface area contributed by atoms with E-state index in [2.05, 4.69) is 36.1 Å². The number of aromatic nitrogens is 4. The van der Waals surface area contributed by atoms with E-state index in [1.165, 1.54) is 0 Å². The van der Waals surface area contributed by atoms with E-state index in [1.807, 2.05) is 37.3 Å². The molecule has 0 unspecified atom stereocenters. The van der Waals surface area contributed by atoms with E-state index in [1.54, 1.807) is 6.20 Å². The largest absolute Gasteiger partial charge is 0.417 e. The van der Waals surface area contributed by atoms with E-state index in [0.29, 0.717) is 5.65 Å². The van der Waals surface area contributed by atoms with Crippen LogP contribution in [0.4, 0.5) is 24.8 Å². The summed E-state index contributed by atoms with van der Waals surface area (Å²) in [5.74, 6) is 0.289. The molecule has 4 N–H and O–H groups in total. The second-order valence-corrected chi connectivity index (χ2v) is 8.64. The topological polar surface area (TPSA) is 108 Å². The van der Waals surface area contributed by atoms with Crippen LogP contribution in [0.2, 0.25) is 0 Å². The number of amides is 1.